The largest absolute Gasteiger partial charge is 0.296 e. The summed E-state index contributed by atoms with van der Waals surface area (Å²) in [5, 5.41) is 17.6. The number of rotatable bonds is 4. The average Bonchev–Trinajstić information content (AvgIpc) is 1.81. The van der Waals surface area contributed by atoms with Crippen LogP contribution in [0.15, 0.2) is 0 Å². The predicted octanol–water partition coefficient (Wildman–Crippen LogP) is 0.775. The van der Waals surface area contributed by atoms with Crippen molar-refractivity contribution in [3.05, 3.63) is 20.2 Å². The lowest BCUT2D eigenvalue weighted by molar-refractivity contribution is -0.856. The molecule has 0 amide bonds. The summed E-state index contributed by atoms with van der Waals surface area (Å²) in [5.74, 6) is 0. The van der Waals surface area contributed by atoms with E-state index in [4.69, 9.17) is 0 Å². The zero-order chi connectivity index (χ0) is 10.6. The minimum absolute atomic E-state index is 0.847. The molecule has 0 saturated carbocycles. The fraction of sp³-hybridized carbons (Fsp3) is 1.00. The molecule has 0 aliphatic carbocycles. The van der Waals surface area contributed by atoms with Crippen LogP contribution in [0.3, 0.4) is 0 Å². The van der Waals surface area contributed by atoms with Crippen molar-refractivity contribution in [2.24, 2.45) is 5.41 Å². The molecule has 0 fully saturated rings. The van der Waals surface area contributed by atoms with Gasteiger partial charge in [0.1, 0.15) is 0 Å². The maximum absolute atomic E-state index is 9.92. The molecule has 0 heterocycles. The summed E-state index contributed by atoms with van der Waals surface area (Å²) in [6, 6.07) is 0. The zero-order valence-electron chi connectivity index (χ0n) is 7.42. The lowest BCUT2D eigenvalue weighted by atomic mass is 9.96. The van der Waals surface area contributed by atoms with Crippen molar-refractivity contribution in [1.82, 2.24) is 0 Å². The standard InChI is InChI=1S/C5H10N2O6/c1-5(2,3)4(12-6(8)9)13-7(10)11/h4H,1-3H3. The second-order valence-electron chi connectivity index (χ2n) is 3.36. The zero-order valence-corrected chi connectivity index (χ0v) is 7.42. The van der Waals surface area contributed by atoms with Gasteiger partial charge in [-0.15, -0.1) is 20.2 Å². The molecule has 8 nitrogen and oxygen atoms in total. The first-order valence-corrected chi connectivity index (χ1v) is 3.36. The quantitative estimate of drug-likeness (QED) is 0.372. The van der Waals surface area contributed by atoms with Crippen LogP contribution in [0.2, 0.25) is 0 Å². The molecule has 0 aromatic rings. The van der Waals surface area contributed by atoms with Gasteiger partial charge in [-0.3, -0.25) is 9.68 Å². The van der Waals surface area contributed by atoms with Gasteiger partial charge in [-0.2, -0.15) is 0 Å². The van der Waals surface area contributed by atoms with E-state index in [1.165, 1.54) is 20.8 Å². The molecule has 0 aromatic carbocycles. The third-order valence-corrected chi connectivity index (χ3v) is 1.07. The Labute approximate surface area is 73.6 Å². The Morgan fingerprint density at radius 3 is 1.54 bits per heavy atom. The van der Waals surface area contributed by atoms with Gasteiger partial charge in [0, 0.05) is 5.41 Å². The molecule has 0 aliphatic heterocycles. The van der Waals surface area contributed by atoms with Gasteiger partial charge in [-0.1, -0.05) is 20.8 Å². The highest BCUT2D eigenvalue weighted by Gasteiger charge is 2.31. The van der Waals surface area contributed by atoms with Gasteiger partial charge in [0.2, 0.25) is 0 Å². The number of hydrogen-bond donors (Lipinski definition) is 0. The van der Waals surface area contributed by atoms with E-state index in [2.05, 4.69) is 9.68 Å². The highest BCUT2D eigenvalue weighted by Crippen LogP contribution is 2.23. The van der Waals surface area contributed by atoms with Crippen LogP contribution in [0.25, 0.3) is 0 Å². The fourth-order valence-electron chi connectivity index (χ4n) is 0.492. The minimum Gasteiger partial charge on any atom is -0.282 e. The molecule has 0 atom stereocenters. The van der Waals surface area contributed by atoms with Crippen molar-refractivity contribution < 1.29 is 19.8 Å². The molecule has 0 radical (unpaired) electrons. The Morgan fingerprint density at radius 2 is 1.38 bits per heavy atom. The third-order valence-electron chi connectivity index (χ3n) is 1.07. The van der Waals surface area contributed by atoms with Crippen LogP contribution < -0.4 is 0 Å². The Bertz CT molecular complexity index is 194. The van der Waals surface area contributed by atoms with Crippen LogP contribution in [0, 0.1) is 25.6 Å². The first-order chi connectivity index (χ1) is 5.73. The van der Waals surface area contributed by atoms with Crippen molar-refractivity contribution in [2.45, 2.75) is 27.1 Å². The molecule has 8 heteroatoms. The summed E-state index contributed by atoms with van der Waals surface area (Å²) in [4.78, 5) is 27.8. The monoisotopic (exact) mass is 194 g/mol. The van der Waals surface area contributed by atoms with Gasteiger partial charge in [0.15, 0.2) is 0 Å². The lowest BCUT2D eigenvalue weighted by Gasteiger charge is -2.25. The maximum atomic E-state index is 9.92. The first kappa shape index (κ1) is 11.4. The average molecular weight is 194 g/mol. The van der Waals surface area contributed by atoms with E-state index in [1.807, 2.05) is 0 Å². The SMILES string of the molecule is CC(C)(C)C(O[N+](=O)[O-])O[N+](=O)[O-]. The predicted molar refractivity (Wildman–Crippen MR) is 39.4 cm³/mol. The summed E-state index contributed by atoms with van der Waals surface area (Å²) in [6.45, 7) is 4.56. The van der Waals surface area contributed by atoms with E-state index in [1.54, 1.807) is 0 Å². The smallest absolute Gasteiger partial charge is 0.282 e. The molecule has 13 heavy (non-hydrogen) atoms. The van der Waals surface area contributed by atoms with Gasteiger partial charge in [-0.05, 0) is 0 Å². The Kier molecular flexibility index (Phi) is 3.40. The minimum atomic E-state index is -1.52. The van der Waals surface area contributed by atoms with E-state index < -0.39 is 21.9 Å². The first-order valence-electron chi connectivity index (χ1n) is 3.36. The van der Waals surface area contributed by atoms with E-state index in [0.29, 0.717) is 0 Å². The summed E-state index contributed by atoms with van der Waals surface area (Å²) in [6.07, 6.45) is -1.52. The highest BCUT2D eigenvalue weighted by atomic mass is 17.0. The molecule has 0 rings (SSSR count). The van der Waals surface area contributed by atoms with Crippen molar-refractivity contribution >= 4 is 0 Å². The number of hydrogen-bond acceptors (Lipinski definition) is 6. The van der Waals surface area contributed by atoms with Crippen molar-refractivity contribution in [1.29, 1.82) is 0 Å². The third kappa shape index (κ3) is 4.77. The summed E-state index contributed by atoms with van der Waals surface area (Å²) < 4.78 is 0. The van der Waals surface area contributed by atoms with Crippen LogP contribution in [-0.2, 0) is 9.68 Å². The van der Waals surface area contributed by atoms with E-state index in [-0.39, 0.29) is 0 Å². The second-order valence-corrected chi connectivity index (χ2v) is 3.36. The topological polar surface area (TPSA) is 105 Å². The Morgan fingerprint density at radius 1 is 1.08 bits per heavy atom. The number of nitrogens with zero attached hydrogens (tertiary/aromatic N) is 2. The molecule has 0 saturated heterocycles. The molecule has 76 valence electrons. The van der Waals surface area contributed by atoms with Gasteiger partial charge in [-0.25, -0.2) is 0 Å². The molecule has 0 aliphatic rings. The summed E-state index contributed by atoms with van der Waals surface area (Å²) in [5.41, 5.74) is -0.847. The molecular formula is C5H10N2O6. The molecule has 0 N–H and O–H groups in total. The lowest BCUT2D eigenvalue weighted by Crippen LogP contribution is -2.35. The van der Waals surface area contributed by atoms with Crippen LogP contribution >= 0.6 is 0 Å². The Hall–Kier alpha value is -1.60. The molecule has 0 spiro atoms. The van der Waals surface area contributed by atoms with Gasteiger partial charge in [0.25, 0.3) is 16.5 Å². The molecule has 0 aromatic heterocycles. The van der Waals surface area contributed by atoms with Gasteiger partial charge < -0.3 is 0 Å². The van der Waals surface area contributed by atoms with E-state index in [9.17, 15) is 20.2 Å². The molecular weight excluding hydrogens is 184 g/mol. The second kappa shape index (κ2) is 3.87. The highest BCUT2D eigenvalue weighted by molar-refractivity contribution is 4.63. The van der Waals surface area contributed by atoms with Crippen molar-refractivity contribution in [3.63, 3.8) is 0 Å². The van der Waals surface area contributed by atoms with Crippen LogP contribution in [0.4, 0.5) is 0 Å². The van der Waals surface area contributed by atoms with E-state index in [0.717, 1.165) is 0 Å². The van der Waals surface area contributed by atoms with Crippen molar-refractivity contribution in [2.75, 3.05) is 0 Å². The van der Waals surface area contributed by atoms with Crippen LogP contribution in [0.5, 0.6) is 0 Å². The summed E-state index contributed by atoms with van der Waals surface area (Å²) in [7, 11) is 0. The fourth-order valence-corrected chi connectivity index (χ4v) is 0.492. The van der Waals surface area contributed by atoms with Crippen LogP contribution in [-0.4, -0.2) is 16.5 Å². The summed E-state index contributed by atoms with van der Waals surface area (Å²) >= 11 is 0. The van der Waals surface area contributed by atoms with Crippen LogP contribution in [0.1, 0.15) is 20.8 Å². The Balaban J connectivity index is 4.37. The molecule has 0 unspecified atom stereocenters. The van der Waals surface area contributed by atoms with Gasteiger partial charge >= 0.3 is 0 Å². The van der Waals surface area contributed by atoms with E-state index >= 15 is 0 Å². The normalized spacial score (nSPS) is 11.1. The van der Waals surface area contributed by atoms with Crippen molar-refractivity contribution in [3.8, 4) is 0 Å². The molecule has 0 bridgehead atoms. The maximum Gasteiger partial charge on any atom is 0.296 e. The van der Waals surface area contributed by atoms with Gasteiger partial charge in [0.05, 0.1) is 0 Å².